The van der Waals surface area contributed by atoms with E-state index in [0.29, 0.717) is 5.56 Å². The van der Waals surface area contributed by atoms with Gasteiger partial charge in [0.05, 0.1) is 0 Å². The van der Waals surface area contributed by atoms with Gasteiger partial charge in [0.1, 0.15) is 11.6 Å². The molecule has 0 aromatic heterocycles. The second-order valence-corrected chi connectivity index (χ2v) is 4.80. The first kappa shape index (κ1) is 15.0. The zero-order valence-electron chi connectivity index (χ0n) is 11.8. The van der Waals surface area contributed by atoms with E-state index >= 15 is 0 Å². The molecule has 2 N–H and O–H groups in total. The van der Waals surface area contributed by atoms with E-state index in [-0.39, 0.29) is 12.5 Å². The third kappa shape index (κ3) is 4.02. The van der Waals surface area contributed by atoms with Gasteiger partial charge < -0.3 is 10.6 Å². The summed E-state index contributed by atoms with van der Waals surface area (Å²) in [6.07, 6.45) is 0. The summed E-state index contributed by atoms with van der Waals surface area (Å²) in [5, 5.41) is 5.79. The second-order valence-electron chi connectivity index (χ2n) is 4.80. The highest BCUT2D eigenvalue weighted by molar-refractivity contribution is 5.89. The van der Waals surface area contributed by atoms with Crippen LogP contribution < -0.4 is 10.6 Å². The fourth-order valence-corrected chi connectivity index (χ4v) is 1.97. The summed E-state index contributed by atoms with van der Waals surface area (Å²) < 4.78 is 26.3. The SMILES string of the molecule is CC(=O)Nc1ccc(NCc2ccc(F)cc2F)cc1C. The van der Waals surface area contributed by atoms with Gasteiger partial charge in [-0.3, -0.25) is 4.79 Å². The minimum Gasteiger partial charge on any atom is -0.381 e. The lowest BCUT2D eigenvalue weighted by Crippen LogP contribution is -2.08. The molecular weight excluding hydrogens is 274 g/mol. The molecule has 21 heavy (non-hydrogen) atoms. The Balaban J connectivity index is 2.06. The Labute approximate surface area is 122 Å². The molecule has 0 radical (unpaired) electrons. The van der Waals surface area contributed by atoms with Crippen LogP contribution in [0.15, 0.2) is 36.4 Å². The standard InChI is InChI=1S/C16H16F2N2O/c1-10-7-14(5-6-16(10)20-11(2)21)19-9-12-3-4-13(17)8-15(12)18/h3-8,19H,9H2,1-2H3,(H,20,21). The third-order valence-electron chi connectivity index (χ3n) is 3.04. The molecule has 0 unspecified atom stereocenters. The maximum atomic E-state index is 13.5. The third-order valence-corrected chi connectivity index (χ3v) is 3.04. The highest BCUT2D eigenvalue weighted by atomic mass is 19.1. The van der Waals surface area contributed by atoms with Crippen LogP contribution in [0.5, 0.6) is 0 Å². The van der Waals surface area contributed by atoms with Gasteiger partial charge in [-0.25, -0.2) is 8.78 Å². The number of amides is 1. The number of carbonyl (C=O) groups is 1. The second kappa shape index (κ2) is 6.35. The highest BCUT2D eigenvalue weighted by Gasteiger charge is 2.05. The average Bonchev–Trinajstić information content (AvgIpc) is 2.40. The van der Waals surface area contributed by atoms with Crippen LogP contribution in [0.25, 0.3) is 0 Å². The fraction of sp³-hybridized carbons (Fsp3) is 0.188. The molecule has 0 saturated heterocycles. The van der Waals surface area contributed by atoms with E-state index in [1.165, 1.54) is 19.1 Å². The van der Waals surface area contributed by atoms with Crippen molar-refractivity contribution in [1.82, 2.24) is 0 Å². The lowest BCUT2D eigenvalue weighted by molar-refractivity contribution is -0.114. The predicted molar refractivity (Wildman–Crippen MR) is 79.2 cm³/mol. The lowest BCUT2D eigenvalue weighted by Gasteiger charge is -2.11. The van der Waals surface area contributed by atoms with Gasteiger partial charge in [-0.2, -0.15) is 0 Å². The number of anilines is 2. The van der Waals surface area contributed by atoms with Crippen molar-refractivity contribution in [2.24, 2.45) is 0 Å². The quantitative estimate of drug-likeness (QED) is 0.898. The molecule has 3 nitrogen and oxygen atoms in total. The summed E-state index contributed by atoms with van der Waals surface area (Å²) in [5.74, 6) is -1.30. The first-order valence-electron chi connectivity index (χ1n) is 6.52. The molecule has 1 amide bonds. The number of rotatable bonds is 4. The van der Waals surface area contributed by atoms with E-state index < -0.39 is 11.6 Å². The van der Waals surface area contributed by atoms with E-state index in [2.05, 4.69) is 10.6 Å². The molecule has 0 heterocycles. The van der Waals surface area contributed by atoms with Gasteiger partial charge in [0.2, 0.25) is 5.91 Å². The van der Waals surface area contributed by atoms with Crippen LogP contribution in [-0.4, -0.2) is 5.91 Å². The van der Waals surface area contributed by atoms with Crippen molar-refractivity contribution in [3.8, 4) is 0 Å². The van der Waals surface area contributed by atoms with E-state index in [9.17, 15) is 13.6 Å². The lowest BCUT2D eigenvalue weighted by atomic mass is 10.1. The van der Waals surface area contributed by atoms with Gasteiger partial charge in [0.15, 0.2) is 0 Å². The summed E-state index contributed by atoms with van der Waals surface area (Å²) in [7, 11) is 0. The van der Waals surface area contributed by atoms with Crippen molar-refractivity contribution in [1.29, 1.82) is 0 Å². The number of aryl methyl sites for hydroxylation is 1. The smallest absolute Gasteiger partial charge is 0.221 e. The average molecular weight is 290 g/mol. The Morgan fingerprint density at radius 1 is 1.14 bits per heavy atom. The number of carbonyl (C=O) groups excluding carboxylic acids is 1. The number of hydrogen-bond acceptors (Lipinski definition) is 2. The first-order chi connectivity index (χ1) is 9.95. The summed E-state index contributed by atoms with van der Waals surface area (Å²) in [4.78, 5) is 11.0. The molecule has 0 saturated carbocycles. The molecule has 0 atom stereocenters. The minimum atomic E-state index is -0.591. The van der Waals surface area contributed by atoms with Crippen LogP contribution in [0.1, 0.15) is 18.1 Å². The van der Waals surface area contributed by atoms with Crippen LogP contribution in [0.2, 0.25) is 0 Å². The topological polar surface area (TPSA) is 41.1 Å². The van der Waals surface area contributed by atoms with Crippen molar-refractivity contribution in [3.05, 3.63) is 59.2 Å². The maximum absolute atomic E-state index is 13.5. The van der Waals surface area contributed by atoms with Crippen molar-refractivity contribution in [2.75, 3.05) is 10.6 Å². The van der Waals surface area contributed by atoms with Gasteiger partial charge in [0.25, 0.3) is 0 Å². The van der Waals surface area contributed by atoms with Gasteiger partial charge in [-0.1, -0.05) is 6.07 Å². The molecule has 0 bridgehead atoms. The zero-order chi connectivity index (χ0) is 15.4. The molecule has 2 rings (SSSR count). The van der Waals surface area contributed by atoms with Crippen molar-refractivity contribution >= 4 is 17.3 Å². The van der Waals surface area contributed by atoms with Crippen LogP contribution in [0.3, 0.4) is 0 Å². The van der Waals surface area contributed by atoms with Gasteiger partial charge in [-0.05, 0) is 36.8 Å². The number of nitrogens with one attached hydrogen (secondary N) is 2. The normalized spacial score (nSPS) is 10.3. The Bertz CT molecular complexity index is 671. The van der Waals surface area contributed by atoms with Gasteiger partial charge in [-0.15, -0.1) is 0 Å². The van der Waals surface area contributed by atoms with Crippen LogP contribution in [0, 0.1) is 18.6 Å². The Hall–Kier alpha value is -2.43. The molecule has 0 spiro atoms. The van der Waals surface area contributed by atoms with E-state index in [0.717, 1.165) is 23.0 Å². The molecule has 2 aromatic rings. The highest BCUT2D eigenvalue weighted by Crippen LogP contribution is 2.20. The van der Waals surface area contributed by atoms with Crippen LogP contribution in [0.4, 0.5) is 20.2 Å². The van der Waals surface area contributed by atoms with Crippen molar-refractivity contribution < 1.29 is 13.6 Å². The summed E-state index contributed by atoms with van der Waals surface area (Å²) in [5.41, 5.74) is 2.82. The van der Waals surface area contributed by atoms with Crippen molar-refractivity contribution in [3.63, 3.8) is 0 Å². The first-order valence-corrected chi connectivity index (χ1v) is 6.52. The largest absolute Gasteiger partial charge is 0.381 e. The van der Waals surface area contributed by atoms with E-state index in [1.54, 1.807) is 12.1 Å². The van der Waals surface area contributed by atoms with Crippen molar-refractivity contribution in [2.45, 2.75) is 20.4 Å². The van der Waals surface area contributed by atoms with Crippen LogP contribution >= 0.6 is 0 Å². The van der Waals surface area contributed by atoms with E-state index in [4.69, 9.17) is 0 Å². The molecule has 0 aliphatic carbocycles. The molecule has 5 heteroatoms. The Morgan fingerprint density at radius 2 is 1.90 bits per heavy atom. The summed E-state index contributed by atoms with van der Waals surface area (Å²) >= 11 is 0. The fourth-order valence-electron chi connectivity index (χ4n) is 1.97. The molecule has 0 aliphatic rings. The molecule has 0 fully saturated rings. The number of halogens is 2. The summed E-state index contributed by atoms with van der Waals surface area (Å²) in [6.45, 7) is 3.57. The van der Waals surface area contributed by atoms with E-state index in [1.807, 2.05) is 13.0 Å². The molecular formula is C16H16F2N2O. The number of benzene rings is 2. The van der Waals surface area contributed by atoms with Crippen LogP contribution in [-0.2, 0) is 11.3 Å². The summed E-state index contributed by atoms with van der Waals surface area (Å²) in [6, 6.07) is 8.93. The number of hydrogen-bond donors (Lipinski definition) is 2. The molecule has 0 aliphatic heterocycles. The zero-order valence-corrected chi connectivity index (χ0v) is 11.8. The Kier molecular flexibility index (Phi) is 4.52. The monoisotopic (exact) mass is 290 g/mol. The molecule has 2 aromatic carbocycles. The van der Waals surface area contributed by atoms with Gasteiger partial charge >= 0.3 is 0 Å². The van der Waals surface area contributed by atoms with Gasteiger partial charge in [0, 0.05) is 36.5 Å². The maximum Gasteiger partial charge on any atom is 0.221 e. The molecule has 110 valence electrons. The predicted octanol–water partition coefficient (Wildman–Crippen LogP) is 3.84. The minimum absolute atomic E-state index is 0.132. The Morgan fingerprint density at radius 3 is 2.52 bits per heavy atom.